The quantitative estimate of drug-likeness (QED) is 0.806. The average molecular weight is 216 g/mol. The van der Waals surface area contributed by atoms with Crippen LogP contribution >= 0.6 is 0 Å². The summed E-state index contributed by atoms with van der Waals surface area (Å²) >= 11 is 0. The molecule has 0 saturated heterocycles. The molecule has 1 aromatic rings. The van der Waals surface area contributed by atoms with Gasteiger partial charge in [-0.15, -0.1) is 0 Å². The Bertz CT molecular complexity index is 380. The second-order valence-electron chi connectivity index (χ2n) is 4.03. The maximum absolute atomic E-state index is 3.77. The molecular weight excluding hydrogens is 196 g/mol. The first-order valence-electron chi connectivity index (χ1n) is 5.47. The van der Waals surface area contributed by atoms with Gasteiger partial charge >= 0.3 is 0 Å². The molecule has 0 unspecified atom stereocenters. The molecular formula is C14H20N2. The monoisotopic (exact) mass is 216 g/mol. The lowest BCUT2D eigenvalue weighted by atomic mass is 10.1. The molecule has 2 heteroatoms. The van der Waals surface area contributed by atoms with Crippen molar-refractivity contribution < 1.29 is 0 Å². The Balaban J connectivity index is 3.16. The van der Waals surface area contributed by atoms with E-state index in [1.54, 1.807) is 6.20 Å². The van der Waals surface area contributed by atoms with Gasteiger partial charge in [-0.25, -0.2) is 0 Å². The number of hydrogen-bond acceptors (Lipinski definition) is 2. The van der Waals surface area contributed by atoms with E-state index in [1.165, 1.54) is 5.69 Å². The predicted octanol–water partition coefficient (Wildman–Crippen LogP) is 3.73. The zero-order valence-corrected chi connectivity index (χ0v) is 10.3. The molecule has 1 aromatic carbocycles. The van der Waals surface area contributed by atoms with Gasteiger partial charge in [-0.1, -0.05) is 25.3 Å². The SMILES string of the molecule is C=CNc1cc(C=C)ccc1N(C)C(C)C. The standard InChI is InChI=1S/C14H20N2/c1-6-12-8-9-14(16(5)11(3)4)13(10-12)15-7-2/h6-11,15H,1-2H2,3-5H3. The van der Waals surface area contributed by atoms with E-state index in [0.717, 1.165) is 11.3 Å². The first kappa shape index (κ1) is 12.4. The fraction of sp³-hybridized carbons (Fsp3) is 0.286. The molecule has 0 fully saturated rings. The molecule has 0 bridgehead atoms. The highest BCUT2D eigenvalue weighted by molar-refractivity contribution is 5.74. The first-order chi connectivity index (χ1) is 7.60. The van der Waals surface area contributed by atoms with E-state index in [2.05, 4.69) is 62.5 Å². The summed E-state index contributed by atoms with van der Waals surface area (Å²) in [5.74, 6) is 0. The molecule has 1 rings (SSSR count). The zero-order valence-electron chi connectivity index (χ0n) is 10.3. The van der Waals surface area contributed by atoms with Crippen LogP contribution in [0.25, 0.3) is 6.08 Å². The van der Waals surface area contributed by atoms with E-state index in [9.17, 15) is 0 Å². The van der Waals surface area contributed by atoms with Crippen LogP contribution in [0, 0.1) is 0 Å². The topological polar surface area (TPSA) is 15.3 Å². The van der Waals surface area contributed by atoms with Crippen molar-refractivity contribution in [1.82, 2.24) is 0 Å². The van der Waals surface area contributed by atoms with Crippen molar-refractivity contribution in [2.45, 2.75) is 19.9 Å². The molecule has 16 heavy (non-hydrogen) atoms. The van der Waals surface area contributed by atoms with Crippen LogP contribution in [0.15, 0.2) is 37.6 Å². The van der Waals surface area contributed by atoms with Gasteiger partial charge in [0, 0.05) is 13.1 Å². The van der Waals surface area contributed by atoms with Crippen LogP contribution in [-0.4, -0.2) is 13.1 Å². The summed E-state index contributed by atoms with van der Waals surface area (Å²) in [6.45, 7) is 11.8. The Kier molecular flexibility index (Phi) is 4.18. The highest BCUT2D eigenvalue weighted by Gasteiger charge is 2.09. The van der Waals surface area contributed by atoms with Gasteiger partial charge in [0.05, 0.1) is 11.4 Å². The van der Waals surface area contributed by atoms with Gasteiger partial charge in [0.25, 0.3) is 0 Å². The number of anilines is 2. The second-order valence-corrected chi connectivity index (χ2v) is 4.03. The van der Waals surface area contributed by atoms with Crippen LogP contribution in [0.3, 0.4) is 0 Å². The fourth-order valence-electron chi connectivity index (χ4n) is 1.49. The molecule has 0 spiro atoms. The van der Waals surface area contributed by atoms with Crippen LogP contribution in [0.4, 0.5) is 11.4 Å². The highest BCUT2D eigenvalue weighted by Crippen LogP contribution is 2.28. The fourth-order valence-corrected chi connectivity index (χ4v) is 1.49. The van der Waals surface area contributed by atoms with Gasteiger partial charge in [0.15, 0.2) is 0 Å². The second kappa shape index (κ2) is 5.40. The van der Waals surface area contributed by atoms with Gasteiger partial charge in [-0.3, -0.25) is 0 Å². The van der Waals surface area contributed by atoms with Gasteiger partial charge in [0.1, 0.15) is 0 Å². The third kappa shape index (κ3) is 2.66. The van der Waals surface area contributed by atoms with Crippen molar-refractivity contribution in [2.24, 2.45) is 0 Å². The third-order valence-corrected chi connectivity index (χ3v) is 2.67. The minimum absolute atomic E-state index is 0.458. The maximum atomic E-state index is 3.77. The van der Waals surface area contributed by atoms with Crippen LogP contribution in [0.2, 0.25) is 0 Å². The van der Waals surface area contributed by atoms with E-state index in [4.69, 9.17) is 0 Å². The Labute approximate surface area is 98.3 Å². The minimum Gasteiger partial charge on any atom is -0.370 e. The molecule has 0 aliphatic carbocycles. The van der Waals surface area contributed by atoms with Crippen LogP contribution in [0.1, 0.15) is 19.4 Å². The smallest absolute Gasteiger partial charge is 0.0623 e. The van der Waals surface area contributed by atoms with Crippen LogP contribution < -0.4 is 10.2 Å². The molecule has 0 aliphatic rings. The molecule has 0 atom stereocenters. The van der Waals surface area contributed by atoms with E-state index in [0.29, 0.717) is 6.04 Å². The lowest BCUT2D eigenvalue weighted by molar-refractivity contribution is 0.755. The molecule has 0 aromatic heterocycles. The zero-order chi connectivity index (χ0) is 12.1. The van der Waals surface area contributed by atoms with Gasteiger partial charge in [0.2, 0.25) is 0 Å². The van der Waals surface area contributed by atoms with Gasteiger partial charge < -0.3 is 10.2 Å². The summed E-state index contributed by atoms with van der Waals surface area (Å²) in [6, 6.07) is 6.70. The molecule has 1 N–H and O–H groups in total. The molecule has 86 valence electrons. The number of nitrogens with zero attached hydrogens (tertiary/aromatic N) is 1. The van der Waals surface area contributed by atoms with Crippen molar-refractivity contribution in [3.8, 4) is 0 Å². The summed E-state index contributed by atoms with van der Waals surface area (Å²) in [6.07, 6.45) is 3.54. The summed E-state index contributed by atoms with van der Waals surface area (Å²) in [7, 11) is 2.09. The normalized spacial score (nSPS) is 10.0. The van der Waals surface area contributed by atoms with Crippen molar-refractivity contribution in [3.63, 3.8) is 0 Å². The van der Waals surface area contributed by atoms with Crippen molar-refractivity contribution in [2.75, 3.05) is 17.3 Å². The molecule has 0 heterocycles. The lowest BCUT2D eigenvalue weighted by Gasteiger charge is -2.26. The summed E-state index contributed by atoms with van der Waals surface area (Å²) in [5, 5.41) is 3.16. The minimum atomic E-state index is 0.458. The Hall–Kier alpha value is -1.70. The van der Waals surface area contributed by atoms with E-state index in [-0.39, 0.29) is 0 Å². The van der Waals surface area contributed by atoms with Crippen molar-refractivity contribution in [1.29, 1.82) is 0 Å². The number of benzene rings is 1. The summed E-state index contributed by atoms with van der Waals surface area (Å²) < 4.78 is 0. The molecule has 0 aliphatic heterocycles. The number of hydrogen-bond donors (Lipinski definition) is 1. The average Bonchev–Trinajstić information content (AvgIpc) is 2.28. The molecule has 0 radical (unpaired) electrons. The number of rotatable bonds is 5. The lowest BCUT2D eigenvalue weighted by Crippen LogP contribution is -2.26. The predicted molar refractivity (Wildman–Crippen MR) is 73.9 cm³/mol. The molecule has 0 amide bonds. The van der Waals surface area contributed by atoms with Crippen molar-refractivity contribution >= 4 is 17.5 Å². The summed E-state index contributed by atoms with van der Waals surface area (Å²) in [4.78, 5) is 2.22. The Morgan fingerprint density at radius 1 is 1.31 bits per heavy atom. The van der Waals surface area contributed by atoms with Crippen LogP contribution in [-0.2, 0) is 0 Å². The van der Waals surface area contributed by atoms with Gasteiger partial charge in [-0.05, 0) is 37.7 Å². The molecule has 0 saturated carbocycles. The van der Waals surface area contributed by atoms with E-state index < -0.39 is 0 Å². The van der Waals surface area contributed by atoms with Crippen LogP contribution in [0.5, 0.6) is 0 Å². The maximum Gasteiger partial charge on any atom is 0.0623 e. The van der Waals surface area contributed by atoms with Crippen molar-refractivity contribution in [3.05, 3.63) is 43.1 Å². The number of nitrogens with one attached hydrogen (secondary N) is 1. The third-order valence-electron chi connectivity index (χ3n) is 2.67. The van der Waals surface area contributed by atoms with Gasteiger partial charge in [-0.2, -0.15) is 0 Å². The van der Waals surface area contributed by atoms with E-state index >= 15 is 0 Å². The summed E-state index contributed by atoms with van der Waals surface area (Å²) in [5.41, 5.74) is 3.33. The Morgan fingerprint density at radius 2 is 2.00 bits per heavy atom. The molecule has 2 nitrogen and oxygen atoms in total. The highest BCUT2D eigenvalue weighted by atomic mass is 15.1. The largest absolute Gasteiger partial charge is 0.370 e. The Morgan fingerprint density at radius 3 is 2.50 bits per heavy atom. The van der Waals surface area contributed by atoms with E-state index in [1.807, 2.05) is 6.08 Å². The first-order valence-corrected chi connectivity index (χ1v) is 5.47.